The van der Waals surface area contributed by atoms with Gasteiger partial charge >= 0.3 is 0 Å². The van der Waals surface area contributed by atoms with Crippen molar-refractivity contribution in [2.75, 3.05) is 21.3 Å². The highest BCUT2D eigenvalue weighted by atomic mass is 28.1. The van der Waals surface area contributed by atoms with E-state index < -0.39 is 5.41 Å². The SMILES string of the molecule is CCC1=C(C(CC([SiH3])(OC)OC)OC)c2ccccc2C1CC. The van der Waals surface area contributed by atoms with Crippen molar-refractivity contribution in [3.8, 4) is 0 Å². The van der Waals surface area contributed by atoms with Gasteiger partial charge in [0.2, 0.25) is 0 Å². The van der Waals surface area contributed by atoms with E-state index in [-0.39, 0.29) is 6.10 Å². The molecule has 0 aromatic heterocycles. The summed E-state index contributed by atoms with van der Waals surface area (Å²) in [5.74, 6) is 0.512. The Balaban J connectivity index is 2.48. The molecular formula is C19H30O3Si. The van der Waals surface area contributed by atoms with Gasteiger partial charge in [-0.25, -0.2) is 0 Å². The van der Waals surface area contributed by atoms with Crippen LogP contribution in [0.25, 0.3) is 5.57 Å². The van der Waals surface area contributed by atoms with Crippen molar-refractivity contribution in [1.82, 2.24) is 0 Å². The lowest BCUT2D eigenvalue weighted by Gasteiger charge is -2.32. The standard InChI is InChI=1S/C19H30O3Si/c1-6-13-14(7-2)18(16-11-9-8-10-15(13)16)17(20-3)12-19(23,21-4)22-5/h8-11,13,17H,6-7,12H2,1-5,23H3. The number of hydrogen-bond donors (Lipinski definition) is 0. The molecule has 1 aliphatic rings. The second-order valence-electron chi connectivity index (χ2n) is 6.31. The molecular weight excluding hydrogens is 304 g/mol. The Labute approximate surface area is 143 Å². The minimum atomic E-state index is -0.508. The van der Waals surface area contributed by atoms with Crippen LogP contribution in [0.5, 0.6) is 0 Å². The molecule has 128 valence electrons. The van der Waals surface area contributed by atoms with Crippen LogP contribution >= 0.6 is 0 Å². The highest BCUT2D eigenvalue weighted by Gasteiger charge is 2.36. The van der Waals surface area contributed by atoms with Crippen LogP contribution in [0, 0.1) is 0 Å². The summed E-state index contributed by atoms with van der Waals surface area (Å²) in [6.45, 7) is 4.51. The van der Waals surface area contributed by atoms with E-state index in [4.69, 9.17) is 14.2 Å². The van der Waals surface area contributed by atoms with Gasteiger partial charge < -0.3 is 14.2 Å². The second kappa shape index (κ2) is 7.75. The molecule has 0 fully saturated rings. The fourth-order valence-electron chi connectivity index (χ4n) is 3.77. The number of fused-ring (bicyclic) bond motifs is 1. The lowest BCUT2D eigenvalue weighted by atomic mass is 9.91. The van der Waals surface area contributed by atoms with Gasteiger partial charge in [0.05, 0.1) is 16.3 Å². The highest BCUT2D eigenvalue weighted by molar-refractivity contribution is 6.13. The van der Waals surface area contributed by atoms with Gasteiger partial charge in [0.15, 0.2) is 0 Å². The minimum absolute atomic E-state index is 0.0000463. The molecule has 0 amide bonds. The van der Waals surface area contributed by atoms with E-state index in [9.17, 15) is 0 Å². The Morgan fingerprint density at radius 1 is 1.13 bits per heavy atom. The molecule has 2 unspecified atom stereocenters. The Kier molecular flexibility index (Phi) is 6.20. The van der Waals surface area contributed by atoms with E-state index in [0.29, 0.717) is 5.92 Å². The van der Waals surface area contributed by atoms with Crippen LogP contribution in [-0.2, 0) is 14.2 Å². The van der Waals surface area contributed by atoms with Crippen LogP contribution in [0.1, 0.15) is 50.2 Å². The first-order valence-corrected chi connectivity index (χ1v) is 9.50. The predicted octanol–water partition coefficient (Wildman–Crippen LogP) is 3.07. The summed E-state index contributed by atoms with van der Waals surface area (Å²) in [5.41, 5.74) is 5.15. The topological polar surface area (TPSA) is 27.7 Å². The van der Waals surface area contributed by atoms with Crippen LogP contribution in [0.3, 0.4) is 0 Å². The molecule has 4 heteroatoms. The maximum absolute atomic E-state index is 5.92. The Bertz CT molecular complexity index is 563. The van der Waals surface area contributed by atoms with Gasteiger partial charge in [0.25, 0.3) is 0 Å². The zero-order valence-electron chi connectivity index (χ0n) is 15.3. The third-order valence-corrected chi connectivity index (χ3v) is 6.43. The number of hydrogen-bond acceptors (Lipinski definition) is 3. The fraction of sp³-hybridized carbons (Fsp3) is 0.579. The summed E-state index contributed by atoms with van der Waals surface area (Å²) in [6, 6.07) is 8.76. The molecule has 1 aromatic carbocycles. The lowest BCUT2D eigenvalue weighted by Crippen LogP contribution is -2.39. The number of methoxy groups -OCH3 is 3. The van der Waals surface area contributed by atoms with Gasteiger partial charge in [-0.05, 0) is 29.5 Å². The van der Waals surface area contributed by atoms with Crippen molar-refractivity contribution in [3.63, 3.8) is 0 Å². The van der Waals surface area contributed by atoms with E-state index in [1.165, 1.54) is 22.3 Å². The van der Waals surface area contributed by atoms with Crippen LogP contribution < -0.4 is 0 Å². The van der Waals surface area contributed by atoms with Crippen molar-refractivity contribution in [3.05, 3.63) is 41.0 Å². The van der Waals surface area contributed by atoms with Crippen molar-refractivity contribution in [2.24, 2.45) is 0 Å². The summed E-state index contributed by atoms with van der Waals surface area (Å²) in [5, 5.41) is 0. The second-order valence-corrected chi connectivity index (χ2v) is 7.83. The fourth-order valence-corrected chi connectivity index (χ4v) is 4.14. The molecule has 0 saturated carbocycles. The zero-order valence-corrected chi connectivity index (χ0v) is 17.3. The summed E-state index contributed by atoms with van der Waals surface area (Å²) in [6.07, 6.45) is 2.91. The third kappa shape index (κ3) is 3.45. The van der Waals surface area contributed by atoms with E-state index >= 15 is 0 Å². The molecule has 3 nitrogen and oxygen atoms in total. The smallest absolute Gasteiger partial charge is 0.143 e. The maximum atomic E-state index is 5.92. The number of rotatable bonds is 8. The molecule has 2 atom stereocenters. The molecule has 0 N–H and O–H groups in total. The van der Waals surface area contributed by atoms with Gasteiger partial charge in [-0.2, -0.15) is 0 Å². The lowest BCUT2D eigenvalue weighted by molar-refractivity contribution is -0.157. The molecule has 1 aromatic rings. The number of ether oxygens (including phenoxy) is 3. The number of benzene rings is 1. The molecule has 0 bridgehead atoms. The van der Waals surface area contributed by atoms with Gasteiger partial charge in [-0.15, -0.1) is 0 Å². The van der Waals surface area contributed by atoms with Crippen LogP contribution in [-0.4, -0.2) is 43.1 Å². The first-order chi connectivity index (χ1) is 11.0. The van der Waals surface area contributed by atoms with Crippen molar-refractivity contribution >= 4 is 15.8 Å². The van der Waals surface area contributed by atoms with Gasteiger partial charge in [0.1, 0.15) is 5.41 Å². The zero-order chi connectivity index (χ0) is 17.0. The average Bonchev–Trinajstić information content (AvgIpc) is 2.92. The maximum Gasteiger partial charge on any atom is 0.143 e. The highest BCUT2D eigenvalue weighted by Crippen LogP contribution is 2.47. The Morgan fingerprint density at radius 3 is 2.30 bits per heavy atom. The van der Waals surface area contributed by atoms with E-state index in [0.717, 1.165) is 29.5 Å². The molecule has 0 radical (unpaired) electrons. The van der Waals surface area contributed by atoms with Crippen molar-refractivity contribution < 1.29 is 14.2 Å². The molecule has 0 heterocycles. The van der Waals surface area contributed by atoms with Gasteiger partial charge in [0, 0.05) is 33.7 Å². The Hall–Kier alpha value is -0.943. The quantitative estimate of drug-likeness (QED) is 0.540. The predicted molar refractivity (Wildman–Crippen MR) is 98.8 cm³/mol. The van der Waals surface area contributed by atoms with Crippen molar-refractivity contribution in [2.45, 2.75) is 50.5 Å². The van der Waals surface area contributed by atoms with E-state index in [1.54, 1.807) is 21.3 Å². The third-order valence-electron chi connectivity index (χ3n) is 5.21. The van der Waals surface area contributed by atoms with Crippen LogP contribution in [0.15, 0.2) is 29.8 Å². The first kappa shape index (κ1) is 18.4. The molecule has 0 aliphatic heterocycles. The number of allylic oxidation sites excluding steroid dienone is 1. The molecule has 0 saturated heterocycles. The van der Waals surface area contributed by atoms with Gasteiger partial charge in [-0.1, -0.05) is 43.7 Å². The molecule has 0 spiro atoms. The summed E-state index contributed by atoms with van der Waals surface area (Å²) in [4.78, 5) is 0. The summed E-state index contributed by atoms with van der Waals surface area (Å²) < 4.78 is 17.2. The Morgan fingerprint density at radius 2 is 1.78 bits per heavy atom. The monoisotopic (exact) mass is 334 g/mol. The van der Waals surface area contributed by atoms with E-state index in [2.05, 4.69) is 38.1 Å². The minimum Gasteiger partial charge on any atom is -0.377 e. The average molecular weight is 335 g/mol. The summed E-state index contributed by atoms with van der Waals surface area (Å²) in [7, 11) is 6.02. The van der Waals surface area contributed by atoms with Crippen molar-refractivity contribution in [1.29, 1.82) is 0 Å². The molecule has 1 aliphatic carbocycles. The molecule has 23 heavy (non-hydrogen) atoms. The summed E-state index contributed by atoms with van der Waals surface area (Å²) >= 11 is 0. The van der Waals surface area contributed by atoms with Crippen LogP contribution in [0.2, 0.25) is 0 Å². The van der Waals surface area contributed by atoms with E-state index in [1.807, 2.05) is 0 Å². The van der Waals surface area contributed by atoms with Crippen LogP contribution in [0.4, 0.5) is 0 Å². The normalized spacial score (nSPS) is 19.3. The molecule has 2 rings (SSSR count). The first-order valence-electron chi connectivity index (χ1n) is 8.50. The largest absolute Gasteiger partial charge is 0.377 e. The van der Waals surface area contributed by atoms with Gasteiger partial charge in [-0.3, -0.25) is 0 Å².